The number of cyclic esters (lactones) is 1. The number of sulfonamides is 1. The highest BCUT2D eigenvalue weighted by atomic mass is 32.2. The molecule has 0 saturated heterocycles. The van der Waals surface area contributed by atoms with E-state index in [0.29, 0.717) is 0 Å². The van der Waals surface area contributed by atoms with E-state index in [9.17, 15) is 17.6 Å². The third kappa shape index (κ3) is 4.31. The summed E-state index contributed by atoms with van der Waals surface area (Å²) in [6, 6.07) is 16.3. The van der Waals surface area contributed by atoms with Gasteiger partial charge in [0.1, 0.15) is 12.4 Å². The molecule has 3 aromatic carbocycles. The zero-order chi connectivity index (χ0) is 24.5. The van der Waals surface area contributed by atoms with Gasteiger partial charge in [-0.3, -0.25) is 4.31 Å². The second-order valence-electron chi connectivity index (χ2n) is 7.73. The van der Waals surface area contributed by atoms with Crippen molar-refractivity contribution < 1.29 is 31.1 Å². The van der Waals surface area contributed by atoms with Gasteiger partial charge in [0.05, 0.1) is 22.7 Å². The van der Waals surface area contributed by atoms with Crippen molar-refractivity contribution in [3.05, 3.63) is 101 Å². The number of para-hydroxylation sites is 1. The monoisotopic (exact) mass is 487 g/mol. The Kier molecular flexibility index (Phi) is 6.22. The van der Waals surface area contributed by atoms with E-state index >= 15 is 8.78 Å². The van der Waals surface area contributed by atoms with Gasteiger partial charge in [-0.15, -0.1) is 0 Å². The molecule has 0 fully saturated rings. The Morgan fingerprint density at radius 1 is 0.941 bits per heavy atom. The van der Waals surface area contributed by atoms with E-state index in [-0.39, 0.29) is 21.7 Å². The van der Waals surface area contributed by atoms with Gasteiger partial charge in [0.15, 0.2) is 0 Å². The summed E-state index contributed by atoms with van der Waals surface area (Å²) in [5, 5.41) is 0. The quantitative estimate of drug-likeness (QED) is 0.485. The number of aryl methyl sites for hydroxylation is 1. The number of anilines is 1. The second kappa shape index (κ2) is 8.98. The Hall–Kier alpha value is -3.59. The average molecular weight is 487 g/mol. The van der Waals surface area contributed by atoms with E-state index in [0.717, 1.165) is 15.9 Å². The van der Waals surface area contributed by atoms with Crippen molar-refractivity contribution in [2.75, 3.05) is 17.5 Å². The second-order valence-corrected chi connectivity index (χ2v) is 9.59. The normalized spacial score (nSPS) is 17.8. The number of fused-ring (bicyclic) bond motifs is 1. The SMILES string of the molecule is Cc1ccc(S(=O)(=O)N2C/C=C(/c3ccccc3F)COC(=O)C(F)(F)c3ccccc32)cc1. The molecular weight excluding hydrogens is 467 g/mol. The fourth-order valence-corrected chi connectivity index (χ4v) is 5.05. The number of alkyl halides is 2. The van der Waals surface area contributed by atoms with Crippen LogP contribution in [0, 0.1) is 12.7 Å². The number of carbonyl (C=O) groups excluding carboxylic acids is 1. The molecule has 34 heavy (non-hydrogen) atoms. The number of esters is 1. The summed E-state index contributed by atoms with van der Waals surface area (Å²) in [6.07, 6.45) is 1.36. The maximum Gasteiger partial charge on any atom is 0.382 e. The van der Waals surface area contributed by atoms with E-state index in [2.05, 4.69) is 0 Å². The van der Waals surface area contributed by atoms with Crippen LogP contribution in [0.2, 0.25) is 0 Å². The lowest BCUT2D eigenvalue weighted by atomic mass is 10.0. The lowest BCUT2D eigenvalue weighted by Crippen LogP contribution is -2.37. The predicted molar refractivity (Wildman–Crippen MR) is 121 cm³/mol. The molecule has 0 unspecified atom stereocenters. The van der Waals surface area contributed by atoms with Crippen LogP contribution in [0.4, 0.5) is 18.9 Å². The van der Waals surface area contributed by atoms with Crippen molar-refractivity contribution in [1.29, 1.82) is 0 Å². The van der Waals surface area contributed by atoms with Crippen molar-refractivity contribution in [1.82, 2.24) is 0 Å². The van der Waals surface area contributed by atoms with Crippen molar-refractivity contribution in [3.63, 3.8) is 0 Å². The maximum atomic E-state index is 15.2. The Bertz CT molecular complexity index is 1370. The molecular formula is C25H20F3NO4S. The molecule has 0 atom stereocenters. The number of ether oxygens (including phenoxy) is 1. The molecule has 0 radical (unpaired) electrons. The fourth-order valence-electron chi connectivity index (χ4n) is 3.63. The van der Waals surface area contributed by atoms with Crippen molar-refractivity contribution in [2.45, 2.75) is 17.7 Å². The molecule has 0 aliphatic carbocycles. The van der Waals surface area contributed by atoms with Gasteiger partial charge in [-0.25, -0.2) is 17.6 Å². The number of rotatable bonds is 3. The number of nitrogens with zero attached hydrogens (tertiary/aromatic N) is 1. The van der Waals surface area contributed by atoms with Crippen molar-refractivity contribution in [2.24, 2.45) is 0 Å². The minimum absolute atomic E-state index is 0.0140. The maximum absolute atomic E-state index is 15.2. The smallest absolute Gasteiger partial charge is 0.382 e. The van der Waals surface area contributed by atoms with Gasteiger partial charge in [0.2, 0.25) is 0 Å². The van der Waals surface area contributed by atoms with Crippen LogP contribution in [0.15, 0.2) is 83.8 Å². The van der Waals surface area contributed by atoms with Gasteiger partial charge in [0, 0.05) is 5.56 Å². The lowest BCUT2D eigenvalue weighted by Gasteiger charge is -2.29. The zero-order valence-electron chi connectivity index (χ0n) is 18.0. The molecule has 0 N–H and O–H groups in total. The third-order valence-corrected chi connectivity index (χ3v) is 7.25. The molecule has 9 heteroatoms. The highest BCUT2D eigenvalue weighted by Gasteiger charge is 2.46. The van der Waals surface area contributed by atoms with E-state index in [1.165, 1.54) is 60.7 Å². The summed E-state index contributed by atoms with van der Waals surface area (Å²) in [7, 11) is -4.33. The molecule has 1 aliphatic heterocycles. The number of benzene rings is 3. The first-order chi connectivity index (χ1) is 16.1. The largest absolute Gasteiger partial charge is 0.456 e. The highest BCUT2D eigenvalue weighted by molar-refractivity contribution is 7.92. The fraction of sp³-hybridized carbons (Fsp3) is 0.160. The van der Waals surface area contributed by atoms with Crippen LogP contribution in [-0.2, 0) is 25.5 Å². The summed E-state index contributed by atoms with van der Waals surface area (Å²) in [4.78, 5) is 12.3. The number of hydrogen-bond acceptors (Lipinski definition) is 4. The van der Waals surface area contributed by atoms with Crippen LogP contribution in [-0.4, -0.2) is 27.5 Å². The first-order valence-electron chi connectivity index (χ1n) is 10.3. The van der Waals surface area contributed by atoms with Crippen molar-refractivity contribution in [3.8, 4) is 0 Å². The van der Waals surface area contributed by atoms with Gasteiger partial charge in [-0.05, 0) is 36.8 Å². The zero-order valence-corrected chi connectivity index (χ0v) is 18.9. The molecule has 3 aromatic rings. The van der Waals surface area contributed by atoms with Crippen LogP contribution in [0.5, 0.6) is 0 Å². The number of halogens is 3. The summed E-state index contributed by atoms with van der Waals surface area (Å²) < 4.78 is 77.6. The Labute approximate surface area is 195 Å². The molecule has 4 rings (SSSR count). The van der Waals surface area contributed by atoms with E-state index in [4.69, 9.17) is 4.74 Å². The van der Waals surface area contributed by atoms with Gasteiger partial charge in [0.25, 0.3) is 10.0 Å². The third-order valence-electron chi connectivity index (χ3n) is 5.46. The summed E-state index contributed by atoms with van der Waals surface area (Å²) >= 11 is 0. The minimum Gasteiger partial charge on any atom is -0.456 e. The number of carbonyl (C=O) groups is 1. The van der Waals surface area contributed by atoms with Crippen LogP contribution in [0.1, 0.15) is 16.7 Å². The Balaban J connectivity index is 1.94. The molecule has 0 saturated carbocycles. The van der Waals surface area contributed by atoms with Gasteiger partial charge >= 0.3 is 11.9 Å². The summed E-state index contributed by atoms with van der Waals surface area (Å²) in [5.41, 5.74) is -0.295. The first kappa shape index (κ1) is 23.6. The molecule has 0 bridgehead atoms. The average Bonchev–Trinajstić information content (AvgIpc) is 2.81. The molecule has 0 spiro atoms. The van der Waals surface area contributed by atoms with Crippen LogP contribution in [0.3, 0.4) is 0 Å². The summed E-state index contributed by atoms with van der Waals surface area (Å²) in [6.45, 7) is 0.728. The van der Waals surface area contributed by atoms with E-state index in [1.54, 1.807) is 19.1 Å². The topological polar surface area (TPSA) is 63.7 Å². The van der Waals surface area contributed by atoms with Crippen LogP contribution < -0.4 is 4.31 Å². The van der Waals surface area contributed by atoms with Crippen LogP contribution >= 0.6 is 0 Å². The molecule has 1 heterocycles. The lowest BCUT2D eigenvalue weighted by molar-refractivity contribution is -0.172. The standard InChI is InChI=1S/C25H20F3NO4S/c1-17-10-12-19(13-11-17)34(31,32)29-15-14-18(20-6-2-4-8-22(20)26)16-33-24(30)25(27,28)21-7-3-5-9-23(21)29/h2-14H,15-16H2,1H3/b18-14+. The Morgan fingerprint density at radius 2 is 1.59 bits per heavy atom. The van der Waals surface area contributed by atoms with Gasteiger partial charge < -0.3 is 4.74 Å². The van der Waals surface area contributed by atoms with E-state index in [1.807, 2.05) is 0 Å². The first-order valence-corrected chi connectivity index (χ1v) is 11.7. The minimum atomic E-state index is -4.33. The number of hydrogen-bond donors (Lipinski definition) is 0. The highest BCUT2D eigenvalue weighted by Crippen LogP contribution is 2.39. The summed E-state index contributed by atoms with van der Waals surface area (Å²) in [5.74, 6) is -6.67. The molecule has 176 valence electrons. The Morgan fingerprint density at radius 3 is 2.29 bits per heavy atom. The van der Waals surface area contributed by atoms with Crippen LogP contribution in [0.25, 0.3) is 5.57 Å². The molecule has 1 aliphatic rings. The van der Waals surface area contributed by atoms with Gasteiger partial charge in [-0.2, -0.15) is 8.78 Å². The van der Waals surface area contributed by atoms with E-state index < -0.39 is 46.4 Å². The van der Waals surface area contributed by atoms with Crippen molar-refractivity contribution >= 4 is 27.3 Å². The molecule has 0 amide bonds. The van der Waals surface area contributed by atoms with Gasteiger partial charge in [-0.1, -0.05) is 60.2 Å². The predicted octanol–water partition coefficient (Wildman–Crippen LogP) is 5.06. The molecule has 0 aromatic heterocycles. The molecule has 5 nitrogen and oxygen atoms in total.